The summed E-state index contributed by atoms with van der Waals surface area (Å²) in [4.78, 5) is 15.8. The Morgan fingerprint density at radius 2 is 2.26 bits per heavy atom. The minimum absolute atomic E-state index is 0.000754. The molecule has 1 N–H and O–H groups in total. The summed E-state index contributed by atoms with van der Waals surface area (Å²) in [5.74, 6) is 0.386. The molecule has 1 heterocycles. The van der Waals surface area contributed by atoms with E-state index < -0.39 is 0 Å². The first-order chi connectivity index (χ1) is 9.19. The van der Waals surface area contributed by atoms with Gasteiger partial charge in [-0.2, -0.15) is 0 Å². The molecule has 102 valence electrons. The van der Waals surface area contributed by atoms with E-state index in [4.69, 9.17) is 13.9 Å². The number of aromatic nitrogens is 1. The number of hydrogen-bond donors (Lipinski definition) is 1. The molecule has 1 aromatic heterocycles. The molecule has 0 unspecified atom stereocenters. The van der Waals surface area contributed by atoms with E-state index in [9.17, 15) is 4.79 Å². The molecular weight excluding hydrogens is 248 g/mol. The number of amides is 1. The number of anilines is 1. The fourth-order valence-corrected chi connectivity index (χ4v) is 1.62. The standard InChI is InChI=1S/C13H16N2O4/c1-9-14-11-7-10(3-4-12(11)19-9)15-13(16)8-18-6-5-17-2/h3-4,7H,5-6,8H2,1-2H3,(H,15,16). The maximum absolute atomic E-state index is 11.6. The molecule has 0 atom stereocenters. The van der Waals surface area contributed by atoms with Gasteiger partial charge in [0.25, 0.3) is 0 Å². The van der Waals surface area contributed by atoms with Gasteiger partial charge in [-0.1, -0.05) is 0 Å². The van der Waals surface area contributed by atoms with Gasteiger partial charge in [-0.25, -0.2) is 4.98 Å². The smallest absolute Gasteiger partial charge is 0.250 e. The van der Waals surface area contributed by atoms with Gasteiger partial charge in [0.2, 0.25) is 5.91 Å². The molecule has 0 fully saturated rings. The van der Waals surface area contributed by atoms with Crippen LogP contribution >= 0.6 is 0 Å². The lowest BCUT2D eigenvalue weighted by Crippen LogP contribution is -2.19. The molecule has 2 aromatic rings. The molecular formula is C13H16N2O4. The van der Waals surface area contributed by atoms with Crippen molar-refractivity contribution in [2.45, 2.75) is 6.92 Å². The summed E-state index contributed by atoms with van der Waals surface area (Å²) in [6, 6.07) is 5.30. The Labute approximate surface area is 110 Å². The number of fused-ring (bicyclic) bond motifs is 1. The summed E-state index contributed by atoms with van der Waals surface area (Å²) >= 11 is 0. The van der Waals surface area contributed by atoms with E-state index in [0.717, 1.165) is 5.52 Å². The molecule has 0 saturated carbocycles. The zero-order valence-corrected chi connectivity index (χ0v) is 10.9. The molecule has 19 heavy (non-hydrogen) atoms. The summed E-state index contributed by atoms with van der Waals surface area (Å²) in [5.41, 5.74) is 2.09. The molecule has 0 radical (unpaired) electrons. The lowest BCUT2D eigenvalue weighted by molar-refractivity contribution is -0.121. The maximum atomic E-state index is 11.6. The van der Waals surface area contributed by atoms with Crippen LogP contribution in [0.1, 0.15) is 5.89 Å². The second kappa shape index (κ2) is 6.31. The number of methoxy groups -OCH3 is 1. The predicted molar refractivity (Wildman–Crippen MR) is 70.1 cm³/mol. The Hall–Kier alpha value is -1.92. The highest BCUT2D eigenvalue weighted by atomic mass is 16.5. The minimum atomic E-state index is -0.212. The fraction of sp³-hybridized carbons (Fsp3) is 0.385. The molecule has 6 heteroatoms. The molecule has 2 rings (SSSR count). The van der Waals surface area contributed by atoms with E-state index >= 15 is 0 Å². The SMILES string of the molecule is COCCOCC(=O)Nc1ccc2oc(C)nc2c1. The lowest BCUT2D eigenvalue weighted by atomic mass is 10.3. The van der Waals surface area contributed by atoms with Crippen LogP contribution in [0.5, 0.6) is 0 Å². The average molecular weight is 264 g/mol. The van der Waals surface area contributed by atoms with Crippen LogP contribution in [0, 0.1) is 6.92 Å². The summed E-state index contributed by atoms with van der Waals surface area (Å²) in [5, 5.41) is 2.73. The van der Waals surface area contributed by atoms with E-state index in [1.807, 2.05) is 0 Å². The summed E-state index contributed by atoms with van der Waals surface area (Å²) in [7, 11) is 1.58. The Balaban J connectivity index is 1.91. The lowest BCUT2D eigenvalue weighted by Gasteiger charge is -2.05. The van der Waals surface area contributed by atoms with Crippen molar-refractivity contribution in [3.8, 4) is 0 Å². The number of oxazole rings is 1. The van der Waals surface area contributed by atoms with Gasteiger partial charge >= 0.3 is 0 Å². The van der Waals surface area contributed by atoms with Crippen molar-refractivity contribution >= 4 is 22.7 Å². The highest BCUT2D eigenvalue weighted by Crippen LogP contribution is 2.19. The normalized spacial score (nSPS) is 10.8. The second-order valence-corrected chi connectivity index (χ2v) is 4.01. The van der Waals surface area contributed by atoms with Crippen LogP contribution in [0.15, 0.2) is 22.6 Å². The van der Waals surface area contributed by atoms with Gasteiger partial charge in [-0.05, 0) is 18.2 Å². The predicted octanol–water partition coefficient (Wildman–Crippen LogP) is 1.74. The van der Waals surface area contributed by atoms with Crippen LogP contribution in [0.2, 0.25) is 0 Å². The van der Waals surface area contributed by atoms with Gasteiger partial charge < -0.3 is 19.2 Å². The molecule has 0 aliphatic heterocycles. The van der Waals surface area contributed by atoms with E-state index in [1.54, 1.807) is 32.2 Å². The van der Waals surface area contributed by atoms with Crippen LogP contribution in [0.25, 0.3) is 11.1 Å². The second-order valence-electron chi connectivity index (χ2n) is 4.01. The zero-order chi connectivity index (χ0) is 13.7. The minimum Gasteiger partial charge on any atom is -0.441 e. The van der Waals surface area contributed by atoms with E-state index in [1.165, 1.54) is 0 Å². The highest BCUT2D eigenvalue weighted by molar-refractivity contribution is 5.93. The molecule has 1 aromatic carbocycles. The molecule has 0 saturated heterocycles. The first-order valence-corrected chi connectivity index (χ1v) is 5.93. The average Bonchev–Trinajstić information content (AvgIpc) is 2.74. The van der Waals surface area contributed by atoms with Crippen molar-refractivity contribution in [1.82, 2.24) is 4.98 Å². The van der Waals surface area contributed by atoms with Crippen molar-refractivity contribution in [3.63, 3.8) is 0 Å². The number of hydrogen-bond acceptors (Lipinski definition) is 5. The number of aryl methyl sites for hydroxylation is 1. The van der Waals surface area contributed by atoms with Gasteiger partial charge in [-0.15, -0.1) is 0 Å². The van der Waals surface area contributed by atoms with Gasteiger partial charge in [-0.3, -0.25) is 4.79 Å². The van der Waals surface area contributed by atoms with Crippen LogP contribution in [-0.4, -0.2) is 37.8 Å². The molecule has 6 nitrogen and oxygen atoms in total. The third kappa shape index (κ3) is 3.77. The number of carbonyl (C=O) groups excluding carboxylic acids is 1. The fourth-order valence-electron chi connectivity index (χ4n) is 1.62. The molecule has 1 amide bonds. The Bertz CT molecular complexity index is 565. The zero-order valence-electron chi connectivity index (χ0n) is 10.9. The Kier molecular flexibility index (Phi) is 4.48. The molecule has 0 spiro atoms. The third-order valence-corrected chi connectivity index (χ3v) is 2.44. The van der Waals surface area contributed by atoms with Crippen molar-refractivity contribution < 1.29 is 18.7 Å². The van der Waals surface area contributed by atoms with Crippen LogP contribution < -0.4 is 5.32 Å². The summed E-state index contributed by atoms with van der Waals surface area (Å²) < 4.78 is 15.3. The van der Waals surface area contributed by atoms with Gasteiger partial charge in [0.15, 0.2) is 11.5 Å². The van der Waals surface area contributed by atoms with Gasteiger partial charge in [0.05, 0.1) is 13.2 Å². The van der Waals surface area contributed by atoms with E-state index in [-0.39, 0.29) is 12.5 Å². The number of ether oxygens (including phenoxy) is 2. The van der Waals surface area contributed by atoms with E-state index in [0.29, 0.717) is 30.4 Å². The number of benzene rings is 1. The van der Waals surface area contributed by atoms with Crippen molar-refractivity contribution in [2.75, 3.05) is 32.2 Å². The molecule has 0 aliphatic rings. The summed E-state index contributed by atoms with van der Waals surface area (Å²) in [6.07, 6.45) is 0. The van der Waals surface area contributed by atoms with Crippen LogP contribution in [0.3, 0.4) is 0 Å². The van der Waals surface area contributed by atoms with Gasteiger partial charge in [0.1, 0.15) is 12.1 Å². The monoisotopic (exact) mass is 264 g/mol. The number of carbonyl (C=O) groups is 1. The Morgan fingerprint density at radius 3 is 3.05 bits per heavy atom. The first kappa shape index (κ1) is 13.5. The molecule has 0 aliphatic carbocycles. The highest BCUT2D eigenvalue weighted by Gasteiger charge is 2.06. The van der Waals surface area contributed by atoms with Gasteiger partial charge in [0, 0.05) is 19.7 Å². The van der Waals surface area contributed by atoms with Crippen LogP contribution in [-0.2, 0) is 14.3 Å². The van der Waals surface area contributed by atoms with E-state index in [2.05, 4.69) is 10.3 Å². The number of nitrogens with zero attached hydrogens (tertiary/aromatic N) is 1. The van der Waals surface area contributed by atoms with Crippen molar-refractivity contribution in [1.29, 1.82) is 0 Å². The Morgan fingerprint density at radius 1 is 1.42 bits per heavy atom. The first-order valence-electron chi connectivity index (χ1n) is 5.93. The van der Waals surface area contributed by atoms with Crippen LogP contribution in [0.4, 0.5) is 5.69 Å². The number of nitrogens with one attached hydrogen (secondary N) is 1. The number of rotatable bonds is 6. The van der Waals surface area contributed by atoms with Crippen molar-refractivity contribution in [3.05, 3.63) is 24.1 Å². The topological polar surface area (TPSA) is 73.6 Å². The molecule has 0 bridgehead atoms. The quantitative estimate of drug-likeness (QED) is 0.804. The largest absolute Gasteiger partial charge is 0.441 e. The maximum Gasteiger partial charge on any atom is 0.250 e. The summed E-state index contributed by atoms with van der Waals surface area (Å²) in [6.45, 7) is 2.64. The third-order valence-electron chi connectivity index (χ3n) is 2.44. The van der Waals surface area contributed by atoms with Crippen molar-refractivity contribution in [2.24, 2.45) is 0 Å².